The zero-order chi connectivity index (χ0) is 63.5. The predicted molar refractivity (Wildman–Crippen MR) is 378 cm³/mol. The van der Waals surface area contributed by atoms with Crippen LogP contribution in [0.4, 0.5) is 0 Å². The number of nitrogens with one attached hydrogen (secondary N) is 1. The number of allylic oxidation sites excluding steroid dienone is 5. The monoisotopic (exact) mass is 1240 g/mol. The third-order valence-corrected chi connectivity index (χ3v) is 18.9. The average molecular weight is 1240 g/mol. The van der Waals surface area contributed by atoms with Gasteiger partial charge in [-0.3, -0.25) is 4.79 Å². The van der Waals surface area contributed by atoms with E-state index in [0.717, 1.165) is 38.5 Å². The summed E-state index contributed by atoms with van der Waals surface area (Å²) < 4.78 is 11.3. The van der Waals surface area contributed by atoms with E-state index in [9.17, 15) is 30.3 Å². The van der Waals surface area contributed by atoms with E-state index >= 15 is 0 Å². The fourth-order valence-electron chi connectivity index (χ4n) is 12.8. The summed E-state index contributed by atoms with van der Waals surface area (Å²) in [5.41, 5.74) is 0. The fraction of sp³-hybridized carbons (Fsp3) is 0.911. The second-order valence-electron chi connectivity index (χ2n) is 27.5. The van der Waals surface area contributed by atoms with Crippen LogP contribution in [0.1, 0.15) is 406 Å². The predicted octanol–water partition coefficient (Wildman–Crippen LogP) is 22.2. The normalized spacial score (nSPS) is 18.0. The van der Waals surface area contributed by atoms with Crippen molar-refractivity contribution in [1.29, 1.82) is 0 Å². The molecule has 0 aromatic heterocycles. The molecule has 0 bridgehead atoms. The van der Waals surface area contributed by atoms with Crippen LogP contribution in [0.2, 0.25) is 0 Å². The highest BCUT2D eigenvalue weighted by molar-refractivity contribution is 5.76. The summed E-state index contributed by atoms with van der Waals surface area (Å²) in [4.78, 5) is 13.1. The second-order valence-corrected chi connectivity index (χ2v) is 27.5. The van der Waals surface area contributed by atoms with E-state index < -0.39 is 49.5 Å². The van der Waals surface area contributed by atoms with E-state index in [2.05, 4.69) is 43.5 Å². The molecule has 1 heterocycles. The molecule has 1 saturated heterocycles. The zero-order valence-corrected chi connectivity index (χ0v) is 58.5. The van der Waals surface area contributed by atoms with E-state index in [-0.39, 0.29) is 12.5 Å². The first-order valence-electron chi connectivity index (χ1n) is 39.2. The lowest BCUT2D eigenvalue weighted by atomic mass is 9.99. The zero-order valence-electron chi connectivity index (χ0n) is 58.5. The quantitative estimate of drug-likeness (QED) is 0.0261. The minimum atomic E-state index is -1.57. The Kier molecular flexibility index (Phi) is 65.5. The molecule has 0 aliphatic carbocycles. The van der Waals surface area contributed by atoms with Gasteiger partial charge < -0.3 is 40.3 Å². The van der Waals surface area contributed by atoms with Crippen LogP contribution in [-0.2, 0) is 14.3 Å². The van der Waals surface area contributed by atoms with Gasteiger partial charge in [-0.25, -0.2) is 0 Å². The molecular weight excluding hydrogens is 1090 g/mol. The van der Waals surface area contributed by atoms with Gasteiger partial charge in [-0.1, -0.05) is 378 Å². The van der Waals surface area contributed by atoms with E-state index in [1.54, 1.807) is 6.08 Å². The van der Waals surface area contributed by atoms with Gasteiger partial charge in [-0.05, 0) is 57.8 Å². The van der Waals surface area contributed by atoms with Crippen LogP contribution >= 0.6 is 0 Å². The van der Waals surface area contributed by atoms with Crippen LogP contribution in [-0.4, -0.2) is 87.5 Å². The van der Waals surface area contributed by atoms with Crippen LogP contribution in [0.3, 0.4) is 0 Å². The van der Waals surface area contributed by atoms with Crippen molar-refractivity contribution >= 4 is 5.91 Å². The third kappa shape index (κ3) is 56.0. The van der Waals surface area contributed by atoms with Gasteiger partial charge in [-0.2, -0.15) is 0 Å². The SMILES string of the molecule is CCCCCCCCCC/C=C\CCCCCCCCCCCCCCCCCCCCCCCCCCCCCCCC(=O)NC(COC1OC(CO)C(O)C(O)C1O)C(O)/C=C/CC/C=C/CCCCCCCCCCCCCCCCCCCC. The van der Waals surface area contributed by atoms with Crippen molar-refractivity contribution in [2.45, 2.75) is 448 Å². The summed E-state index contributed by atoms with van der Waals surface area (Å²) in [5.74, 6) is -0.178. The molecule has 1 aliphatic heterocycles. The molecule has 0 aromatic carbocycles. The van der Waals surface area contributed by atoms with Crippen LogP contribution in [0.5, 0.6) is 0 Å². The summed E-state index contributed by atoms with van der Waals surface area (Å²) in [5, 5.41) is 54.8. The molecule has 9 nitrogen and oxygen atoms in total. The molecule has 9 heteroatoms. The molecule has 0 spiro atoms. The highest BCUT2D eigenvalue weighted by atomic mass is 16.7. The van der Waals surface area contributed by atoms with Crippen molar-refractivity contribution in [2.75, 3.05) is 13.2 Å². The molecule has 0 aromatic rings. The third-order valence-electron chi connectivity index (χ3n) is 18.9. The number of amides is 1. The van der Waals surface area contributed by atoms with E-state index in [4.69, 9.17) is 9.47 Å². The van der Waals surface area contributed by atoms with Crippen molar-refractivity contribution in [1.82, 2.24) is 5.32 Å². The van der Waals surface area contributed by atoms with Gasteiger partial charge in [0.05, 0.1) is 25.4 Å². The van der Waals surface area contributed by atoms with Crippen LogP contribution in [0.15, 0.2) is 36.5 Å². The van der Waals surface area contributed by atoms with E-state index in [1.165, 1.54) is 347 Å². The van der Waals surface area contributed by atoms with Gasteiger partial charge in [0.15, 0.2) is 6.29 Å². The maximum absolute atomic E-state index is 13.1. The second kappa shape index (κ2) is 68.3. The molecule has 7 atom stereocenters. The van der Waals surface area contributed by atoms with E-state index in [0.29, 0.717) is 6.42 Å². The van der Waals surface area contributed by atoms with Crippen molar-refractivity contribution in [2.24, 2.45) is 0 Å². The highest BCUT2D eigenvalue weighted by Crippen LogP contribution is 2.24. The summed E-state index contributed by atoms with van der Waals surface area (Å²) in [6.07, 6.45) is 85.9. The lowest BCUT2D eigenvalue weighted by Gasteiger charge is -2.40. The molecule has 1 fully saturated rings. The van der Waals surface area contributed by atoms with Gasteiger partial charge >= 0.3 is 0 Å². The summed E-state index contributed by atoms with van der Waals surface area (Å²) >= 11 is 0. The summed E-state index contributed by atoms with van der Waals surface area (Å²) in [6, 6.07) is -0.821. The van der Waals surface area contributed by atoms with Gasteiger partial charge in [0.1, 0.15) is 24.4 Å². The Labute approximate surface area is 546 Å². The first kappa shape index (κ1) is 84.4. The molecule has 7 unspecified atom stereocenters. The van der Waals surface area contributed by atoms with Gasteiger partial charge in [0.25, 0.3) is 0 Å². The maximum atomic E-state index is 13.1. The number of hydrogen-bond donors (Lipinski definition) is 6. The number of ether oxygens (including phenoxy) is 2. The van der Waals surface area contributed by atoms with Crippen LogP contribution in [0.25, 0.3) is 0 Å². The summed E-state index contributed by atoms with van der Waals surface area (Å²) in [7, 11) is 0. The molecule has 88 heavy (non-hydrogen) atoms. The van der Waals surface area contributed by atoms with Crippen LogP contribution < -0.4 is 5.32 Å². The molecule has 0 saturated carbocycles. The Morgan fingerprint density at radius 2 is 0.648 bits per heavy atom. The molecule has 1 aliphatic rings. The Morgan fingerprint density at radius 3 is 0.955 bits per heavy atom. The van der Waals surface area contributed by atoms with Crippen molar-refractivity contribution in [3.8, 4) is 0 Å². The Bertz CT molecular complexity index is 1490. The first-order chi connectivity index (χ1) is 43.3. The number of carbonyl (C=O) groups is 1. The Hall–Kier alpha value is -1.59. The minimum Gasteiger partial charge on any atom is -0.394 e. The lowest BCUT2D eigenvalue weighted by Crippen LogP contribution is -2.60. The molecule has 1 rings (SSSR count). The van der Waals surface area contributed by atoms with Gasteiger partial charge in [0.2, 0.25) is 5.91 Å². The fourth-order valence-corrected chi connectivity index (χ4v) is 12.8. The molecule has 0 radical (unpaired) electrons. The van der Waals surface area contributed by atoms with Gasteiger partial charge in [-0.15, -0.1) is 0 Å². The van der Waals surface area contributed by atoms with E-state index in [1.807, 2.05) is 6.08 Å². The molecule has 1 amide bonds. The average Bonchev–Trinajstić information content (AvgIpc) is 3.31. The number of carbonyl (C=O) groups excluding carboxylic acids is 1. The smallest absolute Gasteiger partial charge is 0.220 e. The lowest BCUT2D eigenvalue weighted by molar-refractivity contribution is -0.302. The number of hydrogen-bond acceptors (Lipinski definition) is 8. The van der Waals surface area contributed by atoms with Crippen molar-refractivity contribution in [3.05, 3.63) is 36.5 Å². The number of aliphatic hydroxyl groups is 5. The standard InChI is InChI=1S/C79H151NO8/c1-3-5-7-9-11-13-15-17-19-21-23-25-27-29-30-31-32-33-34-35-36-37-38-39-40-41-42-43-44-45-47-49-51-53-55-57-59-61-63-65-67-69-75(83)80-72(71-87-79-78(86)77(85)76(84)74(70-81)88-79)73(82)68-66-64-62-60-58-56-54-52-50-48-46-28-26-24-22-20-18-16-14-12-10-8-6-4-2/h21,23,58,60,66,68,72-74,76-79,81-82,84-86H,3-20,22,24-57,59,61-65,67,69-71H2,1-2H3,(H,80,83)/b23-21-,60-58+,68-66+. The van der Waals surface area contributed by atoms with Crippen LogP contribution in [0, 0.1) is 0 Å². The van der Waals surface area contributed by atoms with Crippen molar-refractivity contribution < 1.29 is 39.8 Å². The Balaban J connectivity index is 2.04. The molecule has 520 valence electrons. The number of rotatable bonds is 70. The number of aliphatic hydroxyl groups excluding tert-OH is 5. The Morgan fingerprint density at radius 1 is 0.375 bits per heavy atom. The first-order valence-corrected chi connectivity index (χ1v) is 39.2. The largest absolute Gasteiger partial charge is 0.394 e. The molecular formula is C79H151NO8. The van der Waals surface area contributed by atoms with Gasteiger partial charge in [0, 0.05) is 6.42 Å². The topological polar surface area (TPSA) is 149 Å². The molecule has 6 N–H and O–H groups in total. The number of unbranched alkanes of at least 4 members (excludes halogenated alkanes) is 56. The summed E-state index contributed by atoms with van der Waals surface area (Å²) in [6.45, 7) is 3.82. The minimum absolute atomic E-state index is 0.178. The highest BCUT2D eigenvalue weighted by Gasteiger charge is 2.44. The van der Waals surface area contributed by atoms with Crippen molar-refractivity contribution in [3.63, 3.8) is 0 Å². The maximum Gasteiger partial charge on any atom is 0.220 e.